The molecule has 0 bridgehead atoms. The fourth-order valence-electron chi connectivity index (χ4n) is 1.76. The van der Waals surface area contributed by atoms with Crippen LogP contribution in [0.15, 0.2) is 12.4 Å². The first-order valence-electron chi connectivity index (χ1n) is 6.91. The molecule has 22 heavy (non-hydrogen) atoms. The van der Waals surface area contributed by atoms with Crippen molar-refractivity contribution >= 4 is 11.9 Å². The summed E-state index contributed by atoms with van der Waals surface area (Å²) in [5.41, 5.74) is 1.25. The van der Waals surface area contributed by atoms with Crippen molar-refractivity contribution in [1.82, 2.24) is 30.5 Å². The van der Waals surface area contributed by atoms with Crippen molar-refractivity contribution in [3.8, 4) is 0 Å². The van der Waals surface area contributed by atoms with Crippen molar-refractivity contribution in [3.63, 3.8) is 0 Å². The van der Waals surface area contributed by atoms with E-state index < -0.39 is 11.7 Å². The maximum absolute atomic E-state index is 11.8. The molecule has 3 N–H and O–H groups in total. The number of H-pyrrole nitrogens is 1. The standard InChI is InChI=1S/C13H21N7O2/c1-13(2,3)22-12(21)17-11-9(6-15-18-11)5-14-7-10-8-16-19-20(10)4/h6,8,14H,5,7H2,1-4H3,(H2,15,17,18,21). The summed E-state index contributed by atoms with van der Waals surface area (Å²) in [6, 6.07) is 0. The molecule has 0 saturated carbocycles. The quantitative estimate of drug-likeness (QED) is 0.765. The lowest BCUT2D eigenvalue weighted by molar-refractivity contribution is 0.0635. The third kappa shape index (κ3) is 4.55. The van der Waals surface area contributed by atoms with Crippen LogP contribution in [0.5, 0.6) is 0 Å². The highest BCUT2D eigenvalue weighted by Gasteiger charge is 2.17. The molecule has 0 fully saturated rings. The molecule has 0 radical (unpaired) electrons. The maximum Gasteiger partial charge on any atom is 0.413 e. The van der Waals surface area contributed by atoms with E-state index in [2.05, 4.69) is 31.1 Å². The van der Waals surface area contributed by atoms with E-state index in [0.29, 0.717) is 18.9 Å². The second-order valence-electron chi connectivity index (χ2n) is 5.85. The normalized spacial score (nSPS) is 11.5. The fourth-order valence-corrected chi connectivity index (χ4v) is 1.76. The number of aromatic nitrogens is 5. The second kappa shape index (κ2) is 6.56. The summed E-state index contributed by atoms with van der Waals surface area (Å²) in [6.07, 6.45) is 2.83. The zero-order chi connectivity index (χ0) is 16.2. The zero-order valence-corrected chi connectivity index (χ0v) is 13.2. The number of aryl methyl sites for hydroxylation is 1. The van der Waals surface area contributed by atoms with Crippen LogP contribution in [0, 0.1) is 0 Å². The van der Waals surface area contributed by atoms with Crippen LogP contribution in [-0.4, -0.2) is 36.9 Å². The minimum Gasteiger partial charge on any atom is -0.444 e. The van der Waals surface area contributed by atoms with E-state index in [9.17, 15) is 4.79 Å². The number of ether oxygens (including phenoxy) is 1. The summed E-state index contributed by atoms with van der Waals surface area (Å²) in [4.78, 5) is 11.8. The monoisotopic (exact) mass is 307 g/mol. The van der Waals surface area contributed by atoms with E-state index >= 15 is 0 Å². The summed E-state index contributed by atoms with van der Waals surface area (Å²) >= 11 is 0. The van der Waals surface area contributed by atoms with Gasteiger partial charge in [-0.15, -0.1) is 5.10 Å². The highest BCUT2D eigenvalue weighted by Crippen LogP contribution is 2.13. The number of rotatable bonds is 5. The van der Waals surface area contributed by atoms with Crippen molar-refractivity contribution < 1.29 is 9.53 Å². The Morgan fingerprint density at radius 2 is 2.14 bits per heavy atom. The number of nitrogens with one attached hydrogen (secondary N) is 3. The van der Waals surface area contributed by atoms with Crippen LogP contribution < -0.4 is 10.6 Å². The Hall–Kier alpha value is -2.42. The van der Waals surface area contributed by atoms with Gasteiger partial charge in [-0.1, -0.05) is 5.21 Å². The number of carbonyl (C=O) groups excluding carboxylic acids is 1. The number of aromatic amines is 1. The van der Waals surface area contributed by atoms with Gasteiger partial charge in [0, 0.05) is 25.7 Å². The third-order valence-corrected chi connectivity index (χ3v) is 2.77. The van der Waals surface area contributed by atoms with E-state index in [4.69, 9.17) is 4.74 Å². The Morgan fingerprint density at radius 1 is 1.36 bits per heavy atom. The van der Waals surface area contributed by atoms with E-state index in [0.717, 1.165) is 11.3 Å². The molecule has 0 saturated heterocycles. The molecule has 0 unspecified atom stereocenters. The van der Waals surface area contributed by atoms with Gasteiger partial charge >= 0.3 is 6.09 Å². The summed E-state index contributed by atoms with van der Waals surface area (Å²) in [5.74, 6) is 0.518. The van der Waals surface area contributed by atoms with Crippen LogP contribution in [0.3, 0.4) is 0 Å². The van der Waals surface area contributed by atoms with Gasteiger partial charge in [0.25, 0.3) is 0 Å². The van der Waals surface area contributed by atoms with Crippen molar-refractivity contribution in [1.29, 1.82) is 0 Å². The molecule has 2 rings (SSSR count). The minimum absolute atomic E-state index is 0.518. The van der Waals surface area contributed by atoms with Gasteiger partial charge in [0.05, 0.1) is 18.1 Å². The molecule has 1 amide bonds. The van der Waals surface area contributed by atoms with Gasteiger partial charge in [0.2, 0.25) is 0 Å². The molecule has 0 atom stereocenters. The van der Waals surface area contributed by atoms with Crippen molar-refractivity contribution in [2.75, 3.05) is 5.32 Å². The second-order valence-corrected chi connectivity index (χ2v) is 5.85. The lowest BCUT2D eigenvalue weighted by Gasteiger charge is -2.19. The molecule has 0 aliphatic heterocycles. The highest BCUT2D eigenvalue weighted by atomic mass is 16.6. The number of amides is 1. The van der Waals surface area contributed by atoms with Crippen LogP contribution >= 0.6 is 0 Å². The first-order valence-corrected chi connectivity index (χ1v) is 6.91. The van der Waals surface area contributed by atoms with Crippen LogP contribution in [0.2, 0.25) is 0 Å². The third-order valence-electron chi connectivity index (χ3n) is 2.77. The Balaban J connectivity index is 1.87. The lowest BCUT2D eigenvalue weighted by Crippen LogP contribution is -2.27. The number of carbonyl (C=O) groups is 1. The van der Waals surface area contributed by atoms with E-state index in [1.165, 1.54) is 0 Å². The molecule has 2 aromatic rings. The Bertz CT molecular complexity index is 626. The predicted octanol–water partition coefficient (Wildman–Crippen LogP) is 1.17. The van der Waals surface area contributed by atoms with Gasteiger partial charge in [-0.3, -0.25) is 15.1 Å². The Morgan fingerprint density at radius 3 is 2.77 bits per heavy atom. The molecular formula is C13H21N7O2. The van der Waals surface area contributed by atoms with Gasteiger partial charge in [0.15, 0.2) is 0 Å². The predicted molar refractivity (Wildman–Crippen MR) is 80.0 cm³/mol. The van der Waals surface area contributed by atoms with Gasteiger partial charge in [-0.25, -0.2) is 4.79 Å². The lowest BCUT2D eigenvalue weighted by atomic mass is 10.2. The molecule has 0 aromatic carbocycles. The zero-order valence-electron chi connectivity index (χ0n) is 13.2. The molecule has 9 heteroatoms. The molecule has 0 aliphatic carbocycles. The molecular weight excluding hydrogens is 286 g/mol. The Kier molecular flexibility index (Phi) is 4.76. The van der Waals surface area contributed by atoms with E-state index in [1.54, 1.807) is 17.1 Å². The number of nitrogens with zero attached hydrogens (tertiary/aromatic N) is 4. The summed E-state index contributed by atoms with van der Waals surface area (Å²) < 4.78 is 6.90. The molecule has 0 spiro atoms. The minimum atomic E-state index is -0.547. The molecule has 120 valence electrons. The average molecular weight is 307 g/mol. The van der Waals surface area contributed by atoms with E-state index in [-0.39, 0.29) is 0 Å². The fraction of sp³-hybridized carbons (Fsp3) is 0.538. The Labute approximate surface area is 128 Å². The van der Waals surface area contributed by atoms with Gasteiger partial charge < -0.3 is 10.1 Å². The van der Waals surface area contributed by atoms with Crippen molar-refractivity contribution in [3.05, 3.63) is 23.7 Å². The van der Waals surface area contributed by atoms with Crippen LogP contribution in [-0.2, 0) is 24.9 Å². The average Bonchev–Trinajstić information content (AvgIpc) is 2.98. The summed E-state index contributed by atoms with van der Waals surface area (Å²) in [6.45, 7) is 6.57. The van der Waals surface area contributed by atoms with Gasteiger partial charge in [-0.05, 0) is 20.8 Å². The summed E-state index contributed by atoms with van der Waals surface area (Å²) in [7, 11) is 1.83. The van der Waals surface area contributed by atoms with Crippen LogP contribution in [0.25, 0.3) is 0 Å². The van der Waals surface area contributed by atoms with Crippen molar-refractivity contribution in [2.24, 2.45) is 7.05 Å². The summed E-state index contributed by atoms with van der Waals surface area (Å²) in [5, 5.41) is 20.2. The largest absolute Gasteiger partial charge is 0.444 e. The highest BCUT2D eigenvalue weighted by molar-refractivity contribution is 5.84. The van der Waals surface area contributed by atoms with Crippen LogP contribution in [0.1, 0.15) is 32.0 Å². The van der Waals surface area contributed by atoms with E-state index in [1.807, 2.05) is 27.8 Å². The van der Waals surface area contributed by atoms with Gasteiger partial charge in [0.1, 0.15) is 11.4 Å². The van der Waals surface area contributed by atoms with Gasteiger partial charge in [-0.2, -0.15) is 5.10 Å². The molecule has 0 aliphatic rings. The molecule has 2 heterocycles. The smallest absolute Gasteiger partial charge is 0.413 e. The first-order chi connectivity index (χ1) is 10.3. The SMILES string of the molecule is Cn1nncc1CNCc1cn[nH]c1NC(=O)OC(C)(C)C. The van der Waals surface area contributed by atoms with Crippen molar-refractivity contribution in [2.45, 2.75) is 39.5 Å². The maximum atomic E-state index is 11.8. The number of hydrogen-bond acceptors (Lipinski definition) is 6. The number of anilines is 1. The number of hydrogen-bond donors (Lipinski definition) is 3. The topological polar surface area (TPSA) is 110 Å². The molecule has 2 aromatic heterocycles. The van der Waals surface area contributed by atoms with Crippen LogP contribution in [0.4, 0.5) is 10.6 Å². The molecule has 9 nitrogen and oxygen atoms in total. The first kappa shape index (κ1) is 16.0.